The van der Waals surface area contributed by atoms with Crippen molar-refractivity contribution in [2.45, 2.75) is 19.9 Å². The first kappa shape index (κ1) is 19.0. The number of hydrogen-bond donors (Lipinski definition) is 1. The van der Waals surface area contributed by atoms with Gasteiger partial charge in [-0.05, 0) is 54.4 Å². The molecule has 154 valence electrons. The van der Waals surface area contributed by atoms with Crippen LogP contribution in [0.5, 0.6) is 0 Å². The van der Waals surface area contributed by atoms with E-state index in [0.717, 1.165) is 28.3 Å². The number of rotatable bonds is 4. The van der Waals surface area contributed by atoms with E-state index in [1.807, 2.05) is 24.3 Å². The number of amides is 1. The number of aromatic nitrogens is 2. The minimum absolute atomic E-state index is 0.0367. The molecule has 2 N–H and O–H groups in total. The maximum Gasteiger partial charge on any atom is 0.362 e. The van der Waals surface area contributed by atoms with E-state index in [1.165, 1.54) is 18.2 Å². The van der Waals surface area contributed by atoms with Crippen molar-refractivity contribution in [1.82, 2.24) is 9.55 Å². The first-order valence-corrected chi connectivity index (χ1v) is 9.89. The van der Waals surface area contributed by atoms with Crippen molar-refractivity contribution in [3.8, 4) is 0 Å². The molecule has 5 aromatic rings. The topological polar surface area (TPSA) is 91.1 Å². The van der Waals surface area contributed by atoms with Crippen LogP contribution in [0.15, 0.2) is 63.9 Å². The Balaban J connectivity index is 1.88. The summed E-state index contributed by atoms with van der Waals surface area (Å²) in [6.07, 6.45) is 2.40. The van der Waals surface area contributed by atoms with Gasteiger partial charge >= 0.3 is 5.63 Å². The number of aryl methyl sites for hydroxylation is 1. The van der Waals surface area contributed by atoms with Crippen molar-refractivity contribution >= 4 is 38.8 Å². The summed E-state index contributed by atoms with van der Waals surface area (Å²) in [5.41, 5.74) is 7.72. The van der Waals surface area contributed by atoms with E-state index in [0.29, 0.717) is 10.9 Å². The molecular weight excluding hydrogens is 397 g/mol. The molecule has 0 unspecified atom stereocenters. The number of carbonyl (C=O) groups excluding carboxylic acids is 1. The number of carbonyl (C=O) groups is 1. The van der Waals surface area contributed by atoms with Crippen molar-refractivity contribution in [2.75, 3.05) is 0 Å². The molecule has 3 heterocycles. The van der Waals surface area contributed by atoms with Crippen molar-refractivity contribution < 1.29 is 13.6 Å². The molecular formula is C24H18FN3O3. The second-order valence-corrected chi connectivity index (χ2v) is 7.43. The summed E-state index contributed by atoms with van der Waals surface area (Å²) in [4.78, 5) is 28.8. The highest BCUT2D eigenvalue weighted by Crippen LogP contribution is 2.34. The molecule has 6 nitrogen and oxygen atoms in total. The van der Waals surface area contributed by atoms with Crippen LogP contribution in [0.2, 0.25) is 0 Å². The Morgan fingerprint density at radius 3 is 2.77 bits per heavy atom. The van der Waals surface area contributed by atoms with Crippen LogP contribution in [-0.2, 0) is 13.0 Å². The third-order valence-electron chi connectivity index (χ3n) is 5.62. The Hall–Kier alpha value is -4.00. The second-order valence-electron chi connectivity index (χ2n) is 7.43. The van der Waals surface area contributed by atoms with Crippen LogP contribution in [0, 0.1) is 5.82 Å². The molecule has 0 spiro atoms. The zero-order valence-electron chi connectivity index (χ0n) is 16.7. The van der Waals surface area contributed by atoms with E-state index in [4.69, 9.17) is 10.2 Å². The quantitative estimate of drug-likeness (QED) is 0.477. The van der Waals surface area contributed by atoms with E-state index < -0.39 is 17.3 Å². The van der Waals surface area contributed by atoms with E-state index >= 15 is 0 Å². The largest absolute Gasteiger partial charge is 0.402 e. The number of fused-ring (bicyclic) bond motifs is 5. The smallest absolute Gasteiger partial charge is 0.362 e. The summed E-state index contributed by atoms with van der Waals surface area (Å²) in [6.45, 7) is 2.09. The van der Waals surface area contributed by atoms with Crippen molar-refractivity contribution in [3.63, 3.8) is 0 Å². The van der Waals surface area contributed by atoms with Gasteiger partial charge in [0.05, 0.1) is 6.54 Å². The Bertz CT molecular complexity index is 1570. The summed E-state index contributed by atoms with van der Waals surface area (Å²) < 4.78 is 21.8. The summed E-state index contributed by atoms with van der Waals surface area (Å²) in [5.74, 6) is -1.13. The third-order valence-corrected chi connectivity index (χ3v) is 5.62. The van der Waals surface area contributed by atoms with Gasteiger partial charge in [-0.2, -0.15) is 0 Å². The molecule has 0 aliphatic heterocycles. The number of benzene rings is 2. The number of pyridine rings is 1. The highest BCUT2D eigenvalue weighted by atomic mass is 19.1. The van der Waals surface area contributed by atoms with Gasteiger partial charge < -0.3 is 14.7 Å². The maximum atomic E-state index is 14.6. The van der Waals surface area contributed by atoms with Gasteiger partial charge in [-0.15, -0.1) is 0 Å². The Labute approximate surface area is 175 Å². The average molecular weight is 415 g/mol. The van der Waals surface area contributed by atoms with Crippen LogP contribution in [0.4, 0.5) is 4.39 Å². The van der Waals surface area contributed by atoms with Crippen molar-refractivity contribution in [1.29, 1.82) is 0 Å². The van der Waals surface area contributed by atoms with E-state index in [1.54, 1.807) is 16.8 Å². The predicted molar refractivity (Wildman–Crippen MR) is 117 cm³/mol. The molecule has 1 amide bonds. The lowest BCUT2D eigenvalue weighted by Gasteiger charge is -2.10. The summed E-state index contributed by atoms with van der Waals surface area (Å²) in [5, 5.41) is 2.29. The van der Waals surface area contributed by atoms with Crippen molar-refractivity contribution in [3.05, 3.63) is 87.7 Å². The Morgan fingerprint density at radius 1 is 1.16 bits per heavy atom. The first-order valence-electron chi connectivity index (χ1n) is 9.89. The molecule has 5 rings (SSSR count). The normalized spacial score (nSPS) is 11.5. The van der Waals surface area contributed by atoms with Gasteiger partial charge in [-0.1, -0.05) is 13.0 Å². The summed E-state index contributed by atoms with van der Waals surface area (Å²) in [6, 6.07) is 13.5. The first-order chi connectivity index (χ1) is 15.0. The standard InChI is InChI=1S/C24H18FN3O3/c1-2-13-5-8-19-17(10-13)20-16-4-3-9-27-23(16)31-24(30)21(20)28(19)12-15-11-14(22(26)29)6-7-18(15)25/h3-11H,2,12H2,1H3,(H2,26,29). The number of primary amides is 1. The molecule has 0 saturated heterocycles. The summed E-state index contributed by atoms with van der Waals surface area (Å²) in [7, 11) is 0. The zero-order chi connectivity index (χ0) is 21.7. The molecule has 0 atom stereocenters. The van der Waals surface area contributed by atoms with E-state index in [9.17, 15) is 14.0 Å². The molecule has 0 radical (unpaired) electrons. The average Bonchev–Trinajstić information content (AvgIpc) is 3.09. The molecule has 3 aromatic heterocycles. The number of nitrogens with zero attached hydrogens (tertiary/aromatic N) is 2. The van der Waals surface area contributed by atoms with E-state index in [-0.39, 0.29) is 23.4 Å². The SMILES string of the molecule is CCc1ccc2c(c1)c1c3cccnc3oc(=O)c1n2Cc1cc(C(N)=O)ccc1F. The number of hydrogen-bond acceptors (Lipinski definition) is 4. The molecule has 0 aliphatic rings. The van der Waals surface area contributed by atoms with Gasteiger partial charge in [0.2, 0.25) is 11.6 Å². The fraction of sp³-hybridized carbons (Fsp3) is 0.125. The monoisotopic (exact) mass is 415 g/mol. The highest BCUT2D eigenvalue weighted by Gasteiger charge is 2.20. The molecule has 7 heteroatoms. The van der Waals surface area contributed by atoms with Crippen LogP contribution in [0.3, 0.4) is 0 Å². The molecule has 31 heavy (non-hydrogen) atoms. The van der Waals surface area contributed by atoms with Crippen LogP contribution in [0.1, 0.15) is 28.4 Å². The molecule has 2 aromatic carbocycles. The maximum absolute atomic E-state index is 14.6. The van der Waals surface area contributed by atoms with Crippen molar-refractivity contribution in [2.24, 2.45) is 5.73 Å². The van der Waals surface area contributed by atoms with E-state index in [2.05, 4.69) is 11.9 Å². The number of halogens is 1. The van der Waals surface area contributed by atoms with Crippen LogP contribution in [-0.4, -0.2) is 15.5 Å². The molecule has 0 aliphatic carbocycles. The van der Waals surface area contributed by atoms with Crippen LogP contribution in [0.25, 0.3) is 32.9 Å². The lowest BCUT2D eigenvalue weighted by Crippen LogP contribution is -2.13. The lowest BCUT2D eigenvalue weighted by molar-refractivity contribution is 0.1000. The van der Waals surface area contributed by atoms with Gasteiger partial charge in [-0.25, -0.2) is 14.2 Å². The Kier molecular flexibility index (Phi) is 4.32. The number of nitrogens with two attached hydrogens (primary N) is 1. The molecule has 0 fully saturated rings. The van der Waals surface area contributed by atoms with Gasteiger partial charge in [0, 0.05) is 39.0 Å². The zero-order valence-corrected chi connectivity index (χ0v) is 16.7. The highest BCUT2D eigenvalue weighted by molar-refractivity contribution is 6.18. The fourth-order valence-electron chi connectivity index (χ4n) is 4.09. The third kappa shape index (κ3) is 2.97. The van der Waals surface area contributed by atoms with Crippen LogP contribution < -0.4 is 11.4 Å². The van der Waals surface area contributed by atoms with Gasteiger partial charge in [-0.3, -0.25) is 4.79 Å². The molecule has 0 saturated carbocycles. The van der Waals surface area contributed by atoms with Gasteiger partial charge in [0.1, 0.15) is 11.3 Å². The van der Waals surface area contributed by atoms with Gasteiger partial charge in [0.25, 0.3) is 0 Å². The Morgan fingerprint density at radius 2 is 2.00 bits per heavy atom. The lowest BCUT2D eigenvalue weighted by atomic mass is 10.1. The van der Waals surface area contributed by atoms with Crippen LogP contribution >= 0.6 is 0 Å². The predicted octanol–water partition coefficient (Wildman–Crippen LogP) is 4.14. The fourth-order valence-corrected chi connectivity index (χ4v) is 4.09. The second kappa shape index (κ2) is 7.05. The minimum Gasteiger partial charge on any atom is -0.402 e. The van der Waals surface area contributed by atoms with Gasteiger partial charge in [0.15, 0.2) is 0 Å². The summed E-state index contributed by atoms with van der Waals surface area (Å²) >= 11 is 0. The minimum atomic E-state index is -0.646. The molecule has 0 bridgehead atoms.